The summed E-state index contributed by atoms with van der Waals surface area (Å²) in [5.74, 6) is 2.38. The Balaban J connectivity index is 0.000000120. The fourth-order valence-corrected chi connectivity index (χ4v) is 1.82. The van der Waals surface area contributed by atoms with Crippen molar-refractivity contribution >= 4 is 0 Å². The molecule has 3 saturated carbocycles. The molecule has 0 aliphatic heterocycles. The van der Waals surface area contributed by atoms with E-state index in [4.69, 9.17) is 0 Å². The third-order valence-electron chi connectivity index (χ3n) is 2.32. The van der Waals surface area contributed by atoms with Crippen molar-refractivity contribution < 1.29 is 0 Å². The second-order valence-corrected chi connectivity index (χ2v) is 3.49. The van der Waals surface area contributed by atoms with E-state index in [0.717, 1.165) is 0 Å². The Morgan fingerprint density at radius 1 is 1.00 bits per heavy atom. The molecule has 0 N–H and O–H groups in total. The SMILES string of the molecule is C1CC2CC1C2.CCC. The first-order valence-corrected chi connectivity index (χ1v) is 4.36. The van der Waals surface area contributed by atoms with Gasteiger partial charge in [-0.25, -0.2) is 0 Å². The molecule has 3 aliphatic rings. The van der Waals surface area contributed by atoms with Crippen LogP contribution >= 0.6 is 0 Å². The van der Waals surface area contributed by atoms with Crippen LogP contribution in [0.1, 0.15) is 46.0 Å². The van der Waals surface area contributed by atoms with E-state index >= 15 is 0 Å². The van der Waals surface area contributed by atoms with Gasteiger partial charge in [0.05, 0.1) is 0 Å². The summed E-state index contributed by atoms with van der Waals surface area (Å²) in [6, 6.07) is 0. The lowest BCUT2D eigenvalue weighted by Crippen LogP contribution is -2.09. The third kappa shape index (κ3) is 1.70. The molecule has 0 aromatic rings. The number of hydrogen-bond acceptors (Lipinski definition) is 0. The van der Waals surface area contributed by atoms with Crippen LogP contribution in [0.25, 0.3) is 0 Å². The van der Waals surface area contributed by atoms with Crippen LogP contribution in [0.4, 0.5) is 0 Å². The van der Waals surface area contributed by atoms with E-state index in [2.05, 4.69) is 13.8 Å². The van der Waals surface area contributed by atoms with E-state index in [1.165, 1.54) is 18.3 Å². The van der Waals surface area contributed by atoms with E-state index in [0.29, 0.717) is 0 Å². The minimum absolute atomic E-state index is 1.19. The molecule has 0 aromatic heterocycles. The van der Waals surface area contributed by atoms with Gasteiger partial charge in [0.15, 0.2) is 0 Å². The molecule has 3 aliphatic carbocycles. The zero-order valence-corrected chi connectivity index (χ0v) is 6.69. The van der Waals surface area contributed by atoms with Gasteiger partial charge in [0, 0.05) is 0 Å². The van der Waals surface area contributed by atoms with Gasteiger partial charge in [0.2, 0.25) is 0 Å². The molecule has 0 heterocycles. The van der Waals surface area contributed by atoms with Gasteiger partial charge < -0.3 is 0 Å². The first kappa shape index (κ1) is 7.11. The summed E-state index contributed by atoms with van der Waals surface area (Å²) in [6.45, 7) is 4.25. The molecule has 9 heavy (non-hydrogen) atoms. The zero-order chi connectivity index (χ0) is 6.69. The third-order valence-corrected chi connectivity index (χ3v) is 2.32. The highest BCUT2D eigenvalue weighted by molar-refractivity contribution is 4.87. The van der Waals surface area contributed by atoms with Gasteiger partial charge in [-0.2, -0.15) is 0 Å². The van der Waals surface area contributed by atoms with E-state index in [-0.39, 0.29) is 0 Å². The zero-order valence-electron chi connectivity index (χ0n) is 6.69. The summed E-state index contributed by atoms with van der Waals surface area (Å²) < 4.78 is 0. The Morgan fingerprint density at radius 3 is 1.44 bits per heavy atom. The minimum Gasteiger partial charge on any atom is -0.0656 e. The molecule has 0 heteroatoms. The summed E-state index contributed by atoms with van der Waals surface area (Å²) in [5, 5.41) is 0. The van der Waals surface area contributed by atoms with Crippen LogP contribution in [0.15, 0.2) is 0 Å². The average molecular weight is 126 g/mol. The molecule has 0 unspecified atom stereocenters. The van der Waals surface area contributed by atoms with Crippen molar-refractivity contribution in [2.75, 3.05) is 0 Å². The summed E-state index contributed by atoms with van der Waals surface area (Å²) in [5.41, 5.74) is 0. The monoisotopic (exact) mass is 126 g/mol. The molecule has 0 saturated heterocycles. The molecule has 3 fully saturated rings. The maximum absolute atomic E-state index is 2.12. The van der Waals surface area contributed by atoms with Gasteiger partial charge in [0.1, 0.15) is 0 Å². The van der Waals surface area contributed by atoms with Crippen molar-refractivity contribution in [3.05, 3.63) is 0 Å². The molecular formula is C9H18. The van der Waals surface area contributed by atoms with Gasteiger partial charge in [-0.05, 0) is 24.7 Å². The number of hydrogen-bond donors (Lipinski definition) is 0. The smallest absolute Gasteiger partial charge is 0.0409 e. The Kier molecular flexibility index (Phi) is 2.56. The summed E-state index contributed by atoms with van der Waals surface area (Å²) in [7, 11) is 0. The molecule has 0 atom stereocenters. The molecule has 3 rings (SSSR count). The molecule has 0 spiro atoms. The first-order valence-electron chi connectivity index (χ1n) is 4.36. The molecule has 0 nitrogen and oxygen atoms in total. The number of rotatable bonds is 0. The van der Waals surface area contributed by atoms with Gasteiger partial charge in [-0.1, -0.05) is 33.1 Å². The van der Waals surface area contributed by atoms with Gasteiger partial charge in [-0.15, -0.1) is 0 Å². The molecular weight excluding hydrogens is 108 g/mol. The van der Waals surface area contributed by atoms with E-state index in [1.807, 2.05) is 0 Å². The molecule has 54 valence electrons. The van der Waals surface area contributed by atoms with E-state index in [9.17, 15) is 0 Å². The lowest BCUT2D eigenvalue weighted by molar-refractivity contribution is 0.304. The molecule has 2 bridgehead atoms. The minimum atomic E-state index is 1.19. The fraction of sp³-hybridized carbons (Fsp3) is 1.00. The van der Waals surface area contributed by atoms with Crippen molar-refractivity contribution in [1.29, 1.82) is 0 Å². The topological polar surface area (TPSA) is 0 Å². The number of fused-ring (bicyclic) bond motifs is 1. The normalized spacial score (nSPS) is 36.7. The van der Waals surface area contributed by atoms with Crippen LogP contribution in [-0.4, -0.2) is 0 Å². The predicted octanol–water partition coefficient (Wildman–Crippen LogP) is 3.22. The first-order chi connectivity index (χ1) is 4.36. The van der Waals surface area contributed by atoms with E-state index in [1.54, 1.807) is 25.7 Å². The second-order valence-electron chi connectivity index (χ2n) is 3.49. The van der Waals surface area contributed by atoms with Crippen molar-refractivity contribution in [2.45, 2.75) is 46.0 Å². The van der Waals surface area contributed by atoms with Gasteiger partial charge >= 0.3 is 0 Å². The summed E-state index contributed by atoms with van der Waals surface area (Å²) >= 11 is 0. The van der Waals surface area contributed by atoms with E-state index < -0.39 is 0 Å². The highest BCUT2D eigenvalue weighted by Gasteiger charge is 2.35. The van der Waals surface area contributed by atoms with Crippen molar-refractivity contribution in [3.63, 3.8) is 0 Å². The maximum atomic E-state index is 2.12. The Labute approximate surface area is 58.7 Å². The molecule has 0 radical (unpaired) electrons. The second kappa shape index (κ2) is 3.24. The summed E-state index contributed by atoms with van der Waals surface area (Å²) in [4.78, 5) is 0. The maximum Gasteiger partial charge on any atom is -0.0409 e. The van der Waals surface area contributed by atoms with Crippen LogP contribution < -0.4 is 0 Å². The van der Waals surface area contributed by atoms with Gasteiger partial charge in [0.25, 0.3) is 0 Å². The largest absolute Gasteiger partial charge is 0.0656 e. The average Bonchev–Trinajstić information content (AvgIpc) is 2.17. The van der Waals surface area contributed by atoms with Crippen LogP contribution in [0.2, 0.25) is 0 Å². The summed E-state index contributed by atoms with van der Waals surface area (Å²) in [6.07, 6.45) is 7.54. The highest BCUT2D eigenvalue weighted by Crippen LogP contribution is 2.47. The molecule has 0 amide bonds. The van der Waals surface area contributed by atoms with Crippen LogP contribution in [0.5, 0.6) is 0 Å². The fourth-order valence-electron chi connectivity index (χ4n) is 1.82. The van der Waals surface area contributed by atoms with Crippen LogP contribution in [0.3, 0.4) is 0 Å². The Morgan fingerprint density at radius 2 is 1.33 bits per heavy atom. The van der Waals surface area contributed by atoms with Crippen molar-refractivity contribution in [1.82, 2.24) is 0 Å². The molecule has 0 aromatic carbocycles. The predicted molar refractivity (Wildman–Crippen MR) is 41.4 cm³/mol. The highest BCUT2D eigenvalue weighted by atomic mass is 14.4. The van der Waals surface area contributed by atoms with Gasteiger partial charge in [-0.3, -0.25) is 0 Å². The Bertz CT molecular complexity index is 56.6. The Hall–Kier alpha value is 0. The lowest BCUT2D eigenvalue weighted by atomic mass is 9.85. The quantitative estimate of drug-likeness (QED) is 0.467. The van der Waals surface area contributed by atoms with Crippen molar-refractivity contribution in [3.8, 4) is 0 Å². The van der Waals surface area contributed by atoms with Crippen molar-refractivity contribution in [2.24, 2.45) is 11.8 Å². The standard InChI is InChI=1S/C6H10.C3H8/c1-2-6-3-5(1)4-6;1-3-2/h5-6H,1-4H2;3H2,1-2H3. The lowest BCUT2D eigenvalue weighted by Gasteiger charge is -2.21. The van der Waals surface area contributed by atoms with Crippen LogP contribution in [0, 0.1) is 11.8 Å². The van der Waals surface area contributed by atoms with Crippen LogP contribution in [-0.2, 0) is 0 Å².